The SMILES string of the molecule is CCNC(=O)c1cc(NC(C)c2cccc(N)c2)ccn1. The van der Waals surface area contributed by atoms with Gasteiger partial charge in [-0.3, -0.25) is 9.78 Å². The van der Waals surface area contributed by atoms with Crippen LogP contribution in [0.1, 0.15) is 35.9 Å². The number of hydrogen-bond acceptors (Lipinski definition) is 4. The van der Waals surface area contributed by atoms with E-state index in [1.807, 2.05) is 44.2 Å². The molecule has 2 aromatic rings. The highest BCUT2D eigenvalue weighted by atomic mass is 16.1. The van der Waals surface area contributed by atoms with E-state index in [0.29, 0.717) is 12.2 Å². The van der Waals surface area contributed by atoms with Crippen molar-refractivity contribution >= 4 is 17.3 Å². The molecule has 110 valence electrons. The molecule has 1 atom stereocenters. The van der Waals surface area contributed by atoms with Crippen molar-refractivity contribution < 1.29 is 4.79 Å². The van der Waals surface area contributed by atoms with Crippen LogP contribution < -0.4 is 16.4 Å². The van der Waals surface area contributed by atoms with E-state index in [2.05, 4.69) is 15.6 Å². The second-order valence-electron chi connectivity index (χ2n) is 4.83. The molecule has 0 aliphatic carbocycles. The van der Waals surface area contributed by atoms with Crippen LogP contribution in [0.5, 0.6) is 0 Å². The Labute approximate surface area is 124 Å². The van der Waals surface area contributed by atoms with E-state index in [1.54, 1.807) is 12.3 Å². The first kappa shape index (κ1) is 14.8. The standard InChI is InChI=1S/C16H20N4O/c1-3-18-16(21)15-10-14(7-8-19-15)20-11(2)12-5-4-6-13(17)9-12/h4-11H,3,17H2,1-2H3,(H,18,21)(H,19,20). The summed E-state index contributed by atoms with van der Waals surface area (Å²) in [6, 6.07) is 11.4. The number of carbonyl (C=O) groups excluding carboxylic acids is 1. The molecule has 4 N–H and O–H groups in total. The van der Waals surface area contributed by atoms with Gasteiger partial charge in [0.2, 0.25) is 0 Å². The van der Waals surface area contributed by atoms with Crippen molar-refractivity contribution in [1.29, 1.82) is 0 Å². The van der Waals surface area contributed by atoms with Crippen LogP contribution in [0, 0.1) is 0 Å². The summed E-state index contributed by atoms with van der Waals surface area (Å²) in [4.78, 5) is 15.9. The van der Waals surface area contributed by atoms with E-state index in [-0.39, 0.29) is 11.9 Å². The van der Waals surface area contributed by atoms with Crippen molar-refractivity contribution in [2.75, 3.05) is 17.6 Å². The van der Waals surface area contributed by atoms with Gasteiger partial charge >= 0.3 is 0 Å². The van der Waals surface area contributed by atoms with Crippen molar-refractivity contribution in [1.82, 2.24) is 10.3 Å². The highest BCUT2D eigenvalue weighted by Crippen LogP contribution is 2.20. The van der Waals surface area contributed by atoms with E-state index in [0.717, 1.165) is 16.9 Å². The Morgan fingerprint density at radius 1 is 1.33 bits per heavy atom. The molecule has 5 nitrogen and oxygen atoms in total. The first-order chi connectivity index (χ1) is 10.1. The van der Waals surface area contributed by atoms with Gasteiger partial charge in [-0.2, -0.15) is 0 Å². The fraction of sp³-hybridized carbons (Fsp3) is 0.250. The quantitative estimate of drug-likeness (QED) is 0.737. The normalized spacial score (nSPS) is 11.7. The summed E-state index contributed by atoms with van der Waals surface area (Å²) in [6.45, 7) is 4.50. The maximum Gasteiger partial charge on any atom is 0.269 e. The molecule has 1 heterocycles. The van der Waals surface area contributed by atoms with Gasteiger partial charge in [-0.05, 0) is 43.7 Å². The van der Waals surface area contributed by atoms with Crippen molar-refractivity contribution in [3.8, 4) is 0 Å². The average Bonchev–Trinajstić information content (AvgIpc) is 2.48. The molecule has 0 radical (unpaired) electrons. The number of aromatic nitrogens is 1. The number of benzene rings is 1. The number of nitrogens with two attached hydrogens (primary N) is 1. The van der Waals surface area contributed by atoms with Crippen LogP contribution in [-0.2, 0) is 0 Å². The molecule has 0 bridgehead atoms. The van der Waals surface area contributed by atoms with Gasteiger partial charge in [-0.1, -0.05) is 12.1 Å². The van der Waals surface area contributed by atoms with E-state index < -0.39 is 0 Å². The minimum absolute atomic E-state index is 0.0815. The summed E-state index contributed by atoms with van der Waals surface area (Å²) in [5.74, 6) is -0.169. The molecule has 1 aromatic carbocycles. The molecule has 2 rings (SSSR count). The molecule has 0 aliphatic rings. The zero-order valence-corrected chi connectivity index (χ0v) is 12.3. The first-order valence-electron chi connectivity index (χ1n) is 6.96. The van der Waals surface area contributed by atoms with Crippen LogP contribution >= 0.6 is 0 Å². The highest BCUT2D eigenvalue weighted by molar-refractivity contribution is 5.93. The Bertz CT molecular complexity index is 627. The summed E-state index contributed by atoms with van der Waals surface area (Å²) < 4.78 is 0. The monoisotopic (exact) mass is 284 g/mol. The molecule has 5 heteroatoms. The number of nitrogen functional groups attached to an aromatic ring is 1. The molecule has 1 aromatic heterocycles. The van der Waals surface area contributed by atoms with E-state index >= 15 is 0 Å². The number of pyridine rings is 1. The molecule has 0 aliphatic heterocycles. The number of rotatable bonds is 5. The second kappa shape index (κ2) is 6.74. The fourth-order valence-electron chi connectivity index (χ4n) is 2.06. The Kier molecular flexibility index (Phi) is 4.77. The van der Waals surface area contributed by atoms with Crippen molar-refractivity contribution in [2.45, 2.75) is 19.9 Å². The molecular formula is C16H20N4O. The molecule has 21 heavy (non-hydrogen) atoms. The molecule has 0 fully saturated rings. The van der Waals surface area contributed by atoms with Crippen molar-refractivity contribution in [2.24, 2.45) is 0 Å². The highest BCUT2D eigenvalue weighted by Gasteiger charge is 2.09. The minimum atomic E-state index is -0.169. The third kappa shape index (κ3) is 3.95. The number of nitrogens with zero attached hydrogens (tertiary/aromatic N) is 1. The van der Waals surface area contributed by atoms with Gasteiger partial charge in [0.1, 0.15) is 5.69 Å². The molecular weight excluding hydrogens is 264 g/mol. The van der Waals surface area contributed by atoms with Gasteiger partial charge in [0.05, 0.1) is 0 Å². The Balaban J connectivity index is 2.12. The van der Waals surface area contributed by atoms with Crippen LogP contribution in [0.15, 0.2) is 42.6 Å². The predicted molar refractivity (Wildman–Crippen MR) is 85.1 cm³/mol. The fourth-order valence-corrected chi connectivity index (χ4v) is 2.06. The number of amides is 1. The van der Waals surface area contributed by atoms with Gasteiger partial charge in [0.25, 0.3) is 5.91 Å². The van der Waals surface area contributed by atoms with Crippen LogP contribution in [0.3, 0.4) is 0 Å². The van der Waals surface area contributed by atoms with E-state index in [1.165, 1.54) is 0 Å². The number of carbonyl (C=O) groups is 1. The lowest BCUT2D eigenvalue weighted by Gasteiger charge is -2.16. The number of anilines is 2. The molecule has 1 unspecified atom stereocenters. The van der Waals surface area contributed by atoms with Crippen LogP contribution in [0.4, 0.5) is 11.4 Å². The second-order valence-corrected chi connectivity index (χ2v) is 4.83. The van der Waals surface area contributed by atoms with Gasteiger partial charge in [-0.15, -0.1) is 0 Å². The zero-order valence-electron chi connectivity index (χ0n) is 12.3. The molecule has 0 saturated carbocycles. The third-order valence-electron chi connectivity index (χ3n) is 3.12. The topological polar surface area (TPSA) is 80.0 Å². The molecule has 0 saturated heterocycles. The summed E-state index contributed by atoms with van der Waals surface area (Å²) in [5.41, 5.74) is 8.87. The van der Waals surface area contributed by atoms with E-state index in [4.69, 9.17) is 5.73 Å². The van der Waals surface area contributed by atoms with Crippen LogP contribution in [0.2, 0.25) is 0 Å². The van der Waals surface area contributed by atoms with Crippen LogP contribution in [0.25, 0.3) is 0 Å². The molecule has 1 amide bonds. The van der Waals surface area contributed by atoms with Crippen molar-refractivity contribution in [3.63, 3.8) is 0 Å². The van der Waals surface area contributed by atoms with Gasteiger partial charge in [0.15, 0.2) is 0 Å². The lowest BCUT2D eigenvalue weighted by molar-refractivity contribution is 0.0951. The smallest absolute Gasteiger partial charge is 0.269 e. The maximum absolute atomic E-state index is 11.8. The zero-order chi connectivity index (χ0) is 15.2. The average molecular weight is 284 g/mol. The van der Waals surface area contributed by atoms with Crippen molar-refractivity contribution in [3.05, 3.63) is 53.9 Å². The summed E-state index contributed by atoms with van der Waals surface area (Å²) >= 11 is 0. The van der Waals surface area contributed by atoms with Gasteiger partial charge in [-0.25, -0.2) is 0 Å². The third-order valence-corrected chi connectivity index (χ3v) is 3.12. The number of hydrogen-bond donors (Lipinski definition) is 3. The Morgan fingerprint density at radius 3 is 2.86 bits per heavy atom. The Hall–Kier alpha value is -2.56. The van der Waals surface area contributed by atoms with Gasteiger partial charge < -0.3 is 16.4 Å². The molecule has 0 spiro atoms. The number of nitrogens with one attached hydrogen (secondary N) is 2. The van der Waals surface area contributed by atoms with Crippen LogP contribution in [-0.4, -0.2) is 17.4 Å². The first-order valence-corrected chi connectivity index (χ1v) is 6.96. The summed E-state index contributed by atoms with van der Waals surface area (Å²) in [7, 11) is 0. The Morgan fingerprint density at radius 2 is 2.14 bits per heavy atom. The minimum Gasteiger partial charge on any atom is -0.399 e. The predicted octanol–water partition coefficient (Wildman–Crippen LogP) is 2.59. The van der Waals surface area contributed by atoms with E-state index in [9.17, 15) is 4.79 Å². The lowest BCUT2D eigenvalue weighted by atomic mass is 10.1. The lowest BCUT2D eigenvalue weighted by Crippen LogP contribution is -2.23. The summed E-state index contributed by atoms with van der Waals surface area (Å²) in [5, 5.41) is 6.08. The maximum atomic E-state index is 11.8. The summed E-state index contributed by atoms with van der Waals surface area (Å²) in [6.07, 6.45) is 1.62. The van der Waals surface area contributed by atoms with Gasteiger partial charge in [0, 0.05) is 30.2 Å². The largest absolute Gasteiger partial charge is 0.399 e.